The average molecular weight is 201 g/mol. The van der Waals surface area contributed by atoms with Gasteiger partial charge in [0.05, 0.1) is 18.3 Å². The average Bonchev–Trinajstić information content (AvgIpc) is 2.49. The quantitative estimate of drug-likeness (QED) is 0.638. The van der Waals surface area contributed by atoms with Gasteiger partial charge >= 0.3 is 0 Å². The topological polar surface area (TPSA) is 52.9 Å². The predicted molar refractivity (Wildman–Crippen MR) is 52.1 cm³/mol. The van der Waals surface area contributed by atoms with Gasteiger partial charge in [-0.1, -0.05) is 0 Å². The Morgan fingerprint density at radius 2 is 2.36 bits per heavy atom. The van der Waals surface area contributed by atoms with Crippen LogP contribution in [0.1, 0.15) is 19.3 Å². The fourth-order valence-electron chi connectivity index (χ4n) is 2.55. The van der Waals surface area contributed by atoms with Crippen LogP contribution in [0, 0.1) is 0 Å². The molecular weight excluding hydrogens is 182 g/mol. The Balaban J connectivity index is 1.91. The molecule has 14 heavy (non-hydrogen) atoms. The van der Waals surface area contributed by atoms with Crippen LogP contribution in [0.25, 0.3) is 0 Å². The minimum Gasteiger partial charge on any atom is -0.395 e. The molecule has 0 amide bonds. The first kappa shape index (κ1) is 10.4. The van der Waals surface area contributed by atoms with Gasteiger partial charge in [0.2, 0.25) is 0 Å². The number of aliphatic hydroxyl groups is 2. The van der Waals surface area contributed by atoms with Crippen molar-refractivity contribution in [3.05, 3.63) is 0 Å². The highest BCUT2D eigenvalue weighted by Gasteiger charge is 2.42. The Bertz CT molecular complexity index is 200. The molecule has 0 aliphatic carbocycles. The van der Waals surface area contributed by atoms with Crippen molar-refractivity contribution < 1.29 is 14.9 Å². The van der Waals surface area contributed by atoms with E-state index in [1.807, 2.05) is 0 Å². The summed E-state index contributed by atoms with van der Waals surface area (Å²) >= 11 is 0. The molecule has 2 aliphatic rings. The van der Waals surface area contributed by atoms with Crippen LogP contribution >= 0.6 is 0 Å². The second-order valence-corrected chi connectivity index (χ2v) is 4.43. The number of nitrogens with zero attached hydrogens (tertiary/aromatic N) is 1. The van der Waals surface area contributed by atoms with Crippen molar-refractivity contribution in [3.8, 4) is 0 Å². The summed E-state index contributed by atoms with van der Waals surface area (Å²) in [4.78, 5) is 2.21. The first-order valence-electron chi connectivity index (χ1n) is 5.39. The van der Waals surface area contributed by atoms with Crippen LogP contribution in [-0.4, -0.2) is 59.7 Å². The van der Waals surface area contributed by atoms with E-state index in [-0.39, 0.29) is 18.3 Å². The summed E-state index contributed by atoms with van der Waals surface area (Å²) in [7, 11) is 0. The molecule has 82 valence electrons. The number of hydrogen-bond donors (Lipinski definition) is 2. The summed E-state index contributed by atoms with van der Waals surface area (Å²) in [6, 6.07) is 0. The normalized spacial score (nSPS) is 39.4. The van der Waals surface area contributed by atoms with E-state index >= 15 is 0 Å². The van der Waals surface area contributed by atoms with E-state index in [1.165, 1.54) is 0 Å². The molecule has 1 spiro atoms. The molecule has 2 aliphatic heterocycles. The van der Waals surface area contributed by atoms with Crippen LogP contribution in [-0.2, 0) is 4.74 Å². The third-order valence-electron chi connectivity index (χ3n) is 3.28. The minimum atomic E-state index is -0.196. The summed E-state index contributed by atoms with van der Waals surface area (Å²) in [6.45, 7) is 3.45. The lowest BCUT2D eigenvalue weighted by Crippen LogP contribution is -2.44. The van der Waals surface area contributed by atoms with Crippen molar-refractivity contribution in [3.63, 3.8) is 0 Å². The number of aliphatic hydroxyl groups excluding tert-OH is 2. The fraction of sp³-hybridized carbons (Fsp3) is 1.00. The lowest BCUT2D eigenvalue weighted by Gasteiger charge is -2.36. The van der Waals surface area contributed by atoms with Gasteiger partial charge in [-0.2, -0.15) is 0 Å². The van der Waals surface area contributed by atoms with Crippen molar-refractivity contribution in [2.45, 2.75) is 31.0 Å². The van der Waals surface area contributed by atoms with Crippen molar-refractivity contribution in [2.24, 2.45) is 0 Å². The molecule has 2 N–H and O–H groups in total. The van der Waals surface area contributed by atoms with Crippen molar-refractivity contribution in [2.75, 3.05) is 32.8 Å². The van der Waals surface area contributed by atoms with Gasteiger partial charge in [0.25, 0.3) is 0 Å². The summed E-state index contributed by atoms with van der Waals surface area (Å²) < 4.78 is 5.79. The van der Waals surface area contributed by atoms with E-state index in [2.05, 4.69) is 4.90 Å². The Kier molecular flexibility index (Phi) is 3.07. The van der Waals surface area contributed by atoms with E-state index in [4.69, 9.17) is 9.84 Å². The maximum absolute atomic E-state index is 9.60. The molecule has 4 nitrogen and oxygen atoms in total. The smallest absolute Gasteiger partial charge is 0.0845 e. The van der Waals surface area contributed by atoms with Gasteiger partial charge in [0.15, 0.2) is 0 Å². The summed E-state index contributed by atoms with van der Waals surface area (Å²) in [5.41, 5.74) is -0.118. The molecule has 2 saturated heterocycles. The van der Waals surface area contributed by atoms with Gasteiger partial charge in [-0.25, -0.2) is 0 Å². The van der Waals surface area contributed by atoms with Crippen LogP contribution in [0.15, 0.2) is 0 Å². The van der Waals surface area contributed by atoms with Gasteiger partial charge in [-0.05, 0) is 12.8 Å². The minimum absolute atomic E-state index is 0.118. The predicted octanol–water partition coefficient (Wildman–Crippen LogP) is -0.406. The number of likely N-dealkylation sites (tertiary alicyclic amines) is 1. The summed E-state index contributed by atoms with van der Waals surface area (Å²) in [6.07, 6.45) is 2.32. The standard InChI is InChI=1S/C10H19NO3/c12-5-4-11-3-2-10(8-11)7-9(13)1-6-14-10/h9,12-13H,1-8H2. The van der Waals surface area contributed by atoms with Gasteiger partial charge in [0, 0.05) is 32.7 Å². The second-order valence-electron chi connectivity index (χ2n) is 4.43. The largest absolute Gasteiger partial charge is 0.395 e. The molecule has 0 aromatic rings. The van der Waals surface area contributed by atoms with Gasteiger partial charge < -0.3 is 14.9 Å². The zero-order valence-corrected chi connectivity index (χ0v) is 8.48. The molecule has 0 bridgehead atoms. The van der Waals surface area contributed by atoms with E-state index < -0.39 is 0 Å². The van der Waals surface area contributed by atoms with Crippen molar-refractivity contribution >= 4 is 0 Å². The van der Waals surface area contributed by atoms with E-state index in [9.17, 15) is 5.11 Å². The Labute approximate surface area is 84.5 Å². The van der Waals surface area contributed by atoms with Crippen LogP contribution in [0.4, 0.5) is 0 Å². The molecule has 0 saturated carbocycles. The lowest BCUT2D eigenvalue weighted by molar-refractivity contribution is -0.110. The summed E-state index contributed by atoms with van der Waals surface area (Å²) in [5.74, 6) is 0. The van der Waals surface area contributed by atoms with E-state index in [0.717, 1.165) is 38.9 Å². The maximum Gasteiger partial charge on any atom is 0.0845 e. The monoisotopic (exact) mass is 201 g/mol. The lowest BCUT2D eigenvalue weighted by atomic mass is 9.91. The highest BCUT2D eigenvalue weighted by atomic mass is 16.5. The molecule has 2 unspecified atom stereocenters. The maximum atomic E-state index is 9.60. The zero-order chi connectivity index (χ0) is 10.0. The Morgan fingerprint density at radius 1 is 1.50 bits per heavy atom. The second kappa shape index (κ2) is 4.14. The summed E-state index contributed by atoms with van der Waals surface area (Å²) in [5, 5.41) is 18.4. The highest BCUT2D eigenvalue weighted by molar-refractivity contribution is 4.95. The molecule has 2 fully saturated rings. The van der Waals surface area contributed by atoms with Gasteiger partial charge in [-0.15, -0.1) is 0 Å². The molecule has 0 aromatic carbocycles. The third kappa shape index (κ3) is 2.08. The van der Waals surface area contributed by atoms with Crippen LogP contribution in [0.3, 0.4) is 0 Å². The van der Waals surface area contributed by atoms with Gasteiger partial charge in [0.1, 0.15) is 0 Å². The van der Waals surface area contributed by atoms with Crippen molar-refractivity contribution in [1.29, 1.82) is 0 Å². The van der Waals surface area contributed by atoms with Crippen LogP contribution in [0.5, 0.6) is 0 Å². The molecule has 2 atom stereocenters. The van der Waals surface area contributed by atoms with Crippen LogP contribution in [0.2, 0.25) is 0 Å². The molecule has 4 heteroatoms. The fourth-order valence-corrected chi connectivity index (χ4v) is 2.55. The molecule has 2 heterocycles. The first-order valence-corrected chi connectivity index (χ1v) is 5.39. The third-order valence-corrected chi connectivity index (χ3v) is 3.28. The van der Waals surface area contributed by atoms with Crippen molar-refractivity contribution in [1.82, 2.24) is 4.90 Å². The highest BCUT2D eigenvalue weighted by Crippen LogP contribution is 2.33. The Hall–Kier alpha value is -0.160. The zero-order valence-electron chi connectivity index (χ0n) is 8.48. The van der Waals surface area contributed by atoms with Gasteiger partial charge in [-0.3, -0.25) is 4.90 Å². The molecular formula is C10H19NO3. The molecule has 0 aromatic heterocycles. The van der Waals surface area contributed by atoms with E-state index in [0.29, 0.717) is 6.61 Å². The molecule has 0 radical (unpaired) electrons. The SMILES string of the molecule is OCCN1CCC2(CC(O)CCO2)C1. The Morgan fingerprint density at radius 3 is 3.07 bits per heavy atom. The van der Waals surface area contributed by atoms with E-state index in [1.54, 1.807) is 0 Å². The number of ether oxygens (including phenoxy) is 1. The number of rotatable bonds is 2. The molecule has 2 rings (SSSR count). The number of hydrogen-bond acceptors (Lipinski definition) is 4. The first-order chi connectivity index (χ1) is 6.74. The number of β-amino-alcohol motifs (C(OH)–C–C–N with tert-alkyl or cyclic N) is 1. The van der Waals surface area contributed by atoms with Crippen LogP contribution < -0.4 is 0 Å².